The first-order chi connectivity index (χ1) is 12.2. The van der Waals surface area contributed by atoms with Crippen LogP contribution in [0.1, 0.15) is 5.56 Å². The van der Waals surface area contributed by atoms with E-state index in [1.54, 1.807) is 19.1 Å². The standard InChI is InChI=1S/C17H14N2O6S/c1-9-6-7-12(20)17(22)15(9)18-19-16-11-5-3-2-4-10(11)14(8-13(16)21)26(23,24)25/h2-8,20-22H,1H3,(H,23,24,25). The molecule has 0 aromatic heterocycles. The van der Waals surface area contributed by atoms with Crippen molar-refractivity contribution in [3.05, 3.63) is 48.0 Å². The predicted molar refractivity (Wildman–Crippen MR) is 94.1 cm³/mol. The average Bonchev–Trinajstić information content (AvgIpc) is 2.58. The van der Waals surface area contributed by atoms with Gasteiger partial charge in [-0.25, -0.2) is 0 Å². The number of fused-ring (bicyclic) bond motifs is 1. The molecule has 0 radical (unpaired) electrons. The van der Waals surface area contributed by atoms with Crippen molar-refractivity contribution in [1.29, 1.82) is 0 Å². The fraction of sp³-hybridized carbons (Fsp3) is 0.0588. The Morgan fingerprint density at radius 2 is 1.46 bits per heavy atom. The normalized spacial score (nSPS) is 12.1. The zero-order valence-corrected chi connectivity index (χ0v) is 14.3. The Hall–Kier alpha value is -3.17. The topological polar surface area (TPSA) is 140 Å². The molecule has 26 heavy (non-hydrogen) atoms. The van der Waals surface area contributed by atoms with Gasteiger partial charge in [0, 0.05) is 16.8 Å². The van der Waals surface area contributed by atoms with Crippen molar-refractivity contribution in [2.24, 2.45) is 10.2 Å². The fourth-order valence-corrected chi connectivity index (χ4v) is 3.24. The summed E-state index contributed by atoms with van der Waals surface area (Å²) in [6, 6.07) is 9.84. The summed E-state index contributed by atoms with van der Waals surface area (Å²) in [7, 11) is -4.56. The highest BCUT2D eigenvalue weighted by Crippen LogP contribution is 2.42. The molecule has 0 atom stereocenters. The summed E-state index contributed by atoms with van der Waals surface area (Å²) in [4.78, 5) is -0.457. The molecule has 0 aliphatic heterocycles. The summed E-state index contributed by atoms with van der Waals surface area (Å²) < 4.78 is 32.5. The minimum absolute atomic E-state index is 0.00679. The van der Waals surface area contributed by atoms with Gasteiger partial charge in [-0.1, -0.05) is 30.3 Å². The van der Waals surface area contributed by atoms with E-state index >= 15 is 0 Å². The Morgan fingerprint density at radius 3 is 2.12 bits per heavy atom. The summed E-state index contributed by atoms with van der Waals surface area (Å²) in [6.07, 6.45) is 0. The molecule has 3 aromatic carbocycles. The van der Waals surface area contributed by atoms with Crippen LogP contribution in [0.4, 0.5) is 11.4 Å². The second-order valence-corrected chi connectivity index (χ2v) is 6.95. The predicted octanol–water partition coefficient (Wildman–Crippen LogP) is 3.93. The van der Waals surface area contributed by atoms with Gasteiger partial charge < -0.3 is 15.3 Å². The fourth-order valence-electron chi connectivity index (χ4n) is 2.53. The van der Waals surface area contributed by atoms with Crippen LogP contribution < -0.4 is 0 Å². The van der Waals surface area contributed by atoms with Crippen molar-refractivity contribution in [1.82, 2.24) is 0 Å². The number of phenols is 3. The summed E-state index contributed by atoms with van der Waals surface area (Å²) in [5.74, 6) is -1.36. The first-order valence-corrected chi connectivity index (χ1v) is 8.79. The van der Waals surface area contributed by atoms with E-state index in [4.69, 9.17) is 0 Å². The lowest BCUT2D eigenvalue weighted by Crippen LogP contribution is -1.99. The van der Waals surface area contributed by atoms with Gasteiger partial charge in [-0.2, -0.15) is 8.42 Å². The van der Waals surface area contributed by atoms with Crippen LogP contribution in [0, 0.1) is 6.92 Å². The number of rotatable bonds is 3. The Kier molecular flexibility index (Phi) is 4.26. The third-order valence-corrected chi connectivity index (χ3v) is 4.71. The summed E-state index contributed by atoms with van der Waals surface area (Å²) in [5, 5.41) is 37.9. The highest BCUT2D eigenvalue weighted by atomic mass is 32.2. The number of aromatic hydroxyl groups is 3. The van der Waals surface area contributed by atoms with E-state index in [2.05, 4.69) is 10.2 Å². The number of hydrogen-bond acceptors (Lipinski definition) is 7. The van der Waals surface area contributed by atoms with E-state index in [0.29, 0.717) is 5.56 Å². The quantitative estimate of drug-likeness (QED) is 0.311. The molecule has 9 heteroatoms. The van der Waals surface area contributed by atoms with Crippen molar-refractivity contribution in [3.63, 3.8) is 0 Å². The second kappa shape index (κ2) is 6.28. The largest absolute Gasteiger partial charge is 0.506 e. The van der Waals surface area contributed by atoms with E-state index < -0.39 is 26.5 Å². The van der Waals surface area contributed by atoms with E-state index in [9.17, 15) is 28.3 Å². The second-order valence-electron chi connectivity index (χ2n) is 5.56. The van der Waals surface area contributed by atoms with Gasteiger partial charge in [0.15, 0.2) is 11.5 Å². The zero-order valence-electron chi connectivity index (χ0n) is 13.4. The number of hydrogen-bond donors (Lipinski definition) is 4. The minimum Gasteiger partial charge on any atom is -0.506 e. The molecule has 0 fully saturated rings. The van der Waals surface area contributed by atoms with E-state index in [0.717, 1.165) is 6.07 Å². The lowest BCUT2D eigenvalue weighted by Gasteiger charge is -2.09. The van der Waals surface area contributed by atoms with Gasteiger partial charge in [-0.15, -0.1) is 10.2 Å². The minimum atomic E-state index is -4.56. The monoisotopic (exact) mass is 374 g/mol. The van der Waals surface area contributed by atoms with Crippen molar-refractivity contribution in [2.75, 3.05) is 0 Å². The molecule has 8 nitrogen and oxygen atoms in total. The van der Waals surface area contributed by atoms with Crippen LogP contribution in [0.25, 0.3) is 10.8 Å². The van der Waals surface area contributed by atoms with Gasteiger partial charge in [-0.3, -0.25) is 4.55 Å². The van der Waals surface area contributed by atoms with Crippen LogP contribution in [-0.2, 0) is 10.1 Å². The maximum absolute atomic E-state index is 11.5. The summed E-state index contributed by atoms with van der Waals surface area (Å²) >= 11 is 0. The van der Waals surface area contributed by atoms with Crippen LogP contribution >= 0.6 is 0 Å². The van der Waals surface area contributed by atoms with Crippen LogP contribution in [0.3, 0.4) is 0 Å². The summed E-state index contributed by atoms with van der Waals surface area (Å²) in [5.41, 5.74) is 0.491. The highest BCUT2D eigenvalue weighted by Gasteiger charge is 2.19. The molecule has 0 bridgehead atoms. The Labute approximate surface area is 148 Å². The van der Waals surface area contributed by atoms with E-state index in [1.807, 2.05) is 0 Å². The molecule has 0 aliphatic carbocycles. The highest BCUT2D eigenvalue weighted by molar-refractivity contribution is 7.86. The molecular weight excluding hydrogens is 360 g/mol. The maximum Gasteiger partial charge on any atom is 0.295 e. The maximum atomic E-state index is 11.5. The third kappa shape index (κ3) is 3.05. The molecular formula is C17H14N2O6S. The smallest absolute Gasteiger partial charge is 0.295 e. The van der Waals surface area contributed by atoms with Crippen LogP contribution in [0.2, 0.25) is 0 Å². The van der Waals surface area contributed by atoms with Crippen molar-refractivity contribution in [2.45, 2.75) is 11.8 Å². The van der Waals surface area contributed by atoms with Crippen LogP contribution in [0.15, 0.2) is 57.6 Å². The Bertz CT molecular complexity index is 1160. The van der Waals surface area contributed by atoms with Crippen molar-refractivity contribution in [3.8, 4) is 17.2 Å². The average molecular weight is 374 g/mol. The first kappa shape index (κ1) is 17.6. The number of azo groups is 1. The summed E-state index contributed by atoms with van der Waals surface area (Å²) in [6.45, 7) is 1.65. The zero-order chi connectivity index (χ0) is 19.1. The van der Waals surface area contributed by atoms with Crippen LogP contribution in [0.5, 0.6) is 17.2 Å². The van der Waals surface area contributed by atoms with Gasteiger partial charge in [0.2, 0.25) is 0 Å². The Morgan fingerprint density at radius 1 is 0.846 bits per heavy atom. The molecule has 3 aromatic rings. The van der Waals surface area contributed by atoms with Gasteiger partial charge in [-0.05, 0) is 18.6 Å². The molecule has 0 saturated heterocycles. The molecule has 0 saturated carbocycles. The number of aryl methyl sites for hydroxylation is 1. The molecule has 0 spiro atoms. The molecule has 0 heterocycles. The van der Waals surface area contributed by atoms with Crippen molar-refractivity contribution >= 4 is 32.3 Å². The van der Waals surface area contributed by atoms with Crippen molar-refractivity contribution < 1.29 is 28.3 Å². The molecule has 0 aliphatic rings. The molecule has 0 unspecified atom stereocenters. The van der Waals surface area contributed by atoms with E-state index in [-0.39, 0.29) is 27.9 Å². The molecule has 0 amide bonds. The number of benzene rings is 3. The van der Waals surface area contributed by atoms with E-state index in [1.165, 1.54) is 24.3 Å². The first-order valence-electron chi connectivity index (χ1n) is 7.35. The van der Waals surface area contributed by atoms with Gasteiger partial charge in [0.1, 0.15) is 22.0 Å². The molecule has 3 rings (SSSR count). The van der Waals surface area contributed by atoms with Crippen LogP contribution in [-0.4, -0.2) is 28.3 Å². The lowest BCUT2D eigenvalue weighted by molar-refractivity contribution is 0.404. The number of phenolic OH excluding ortho intramolecular Hbond substituents is 3. The van der Waals surface area contributed by atoms with Gasteiger partial charge in [0.25, 0.3) is 10.1 Å². The van der Waals surface area contributed by atoms with Gasteiger partial charge in [0.05, 0.1) is 0 Å². The van der Waals surface area contributed by atoms with Gasteiger partial charge >= 0.3 is 0 Å². The lowest BCUT2D eigenvalue weighted by atomic mass is 10.1. The third-order valence-electron chi connectivity index (χ3n) is 3.82. The SMILES string of the molecule is Cc1ccc(O)c(O)c1N=Nc1c(O)cc(S(=O)(=O)O)c2ccccc12. The molecule has 4 N–H and O–H groups in total. The Balaban J connectivity index is 2.25. The molecule has 134 valence electrons. The number of nitrogens with zero attached hydrogens (tertiary/aromatic N) is 2.